The Bertz CT molecular complexity index is 1020. The first kappa shape index (κ1) is 33.1. The van der Waals surface area contributed by atoms with Gasteiger partial charge in [-0.1, -0.05) is 57.5 Å². The molecule has 1 heterocycles. The van der Waals surface area contributed by atoms with Crippen LogP contribution in [0.1, 0.15) is 73.6 Å². The van der Waals surface area contributed by atoms with E-state index in [0.29, 0.717) is 24.3 Å². The SMILES string of the molecule is CCCCC(=O)N(C)C(C[C@@H](OC)c1nc(C(=O)N[C@H](CNSC(F)(F)F)Cc2ccccc2)cs1)C(C)C. The fourth-order valence-corrected chi connectivity index (χ4v) is 5.52. The van der Waals surface area contributed by atoms with Crippen molar-refractivity contribution in [2.24, 2.45) is 5.92 Å². The lowest BCUT2D eigenvalue weighted by molar-refractivity contribution is -0.133. The number of aromatic nitrogens is 1. The number of nitrogens with one attached hydrogen (secondary N) is 2. The largest absolute Gasteiger partial charge is 0.456 e. The zero-order valence-electron chi connectivity index (χ0n) is 23.1. The summed E-state index contributed by atoms with van der Waals surface area (Å²) < 4.78 is 45.9. The molecule has 12 heteroatoms. The van der Waals surface area contributed by atoms with E-state index < -0.39 is 23.6 Å². The maximum atomic E-state index is 13.0. The Morgan fingerprint density at radius 1 is 1.21 bits per heavy atom. The van der Waals surface area contributed by atoms with Crippen LogP contribution in [0.15, 0.2) is 35.7 Å². The van der Waals surface area contributed by atoms with E-state index in [0.717, 1.165) is 18.4 Å². The number of rotatable bonds is 16. The topological polar surface area (TPSA) is 83.6 Å². The average molecular weight is 589 g/mol. The molecule has 1 aromatic heterocycles. The molecule has 0 radical (unpaired) electrons. The van der Waals surface area contributed by atoms with Crippen molar-refractivity contribution in [3.8, 4) is 0 Å². The summed E-state index contributed by atoms with van der Waals surface area (Å²) in [6, 6.07) is 8.57. The number of amides is 2. The van der Waals surface area contributed by atoms with Crippen LogP contribution in [-0.4, -0.2) is 60.0 Å². The second-order valence-corrected chi connectivity index (χ2v) is 11.6. The highest BCUT2D eigenvalue weighted by molar-refractivity contribution is 7.98. The highest BCUT2D eigenvalue weighted by Crippen LogP contribution is 2.30. The molecule has 1 unspecified atom stereocenters. The molecule has 0 spiro atoms. The summed E-state index contributed by atoms with van der Waals surface area (Å²) in [6.07, 6.45) is 2.73. The van der Waals surface area contributed by atoms with E-state index in [2.05, 4.69) is 28.9 Å². The summed E-state index contributed by atoms with van der Waals surface area (Å²) in [4.78, 5) is 32.0. The van der Waals surface area contributed by atoms with Gasteiger partial charge in [0.15, 0.2) is 0 Å². The van der Waals surface area contributed by atoms with E-state index in [-0.39, 0.29) is 42.1 Å². The molecule has 7 nitrogen and oxygen atoms in total. The van der Waals surface area contributed by atoms with Crippen LogP contribution in [0.5, 0.6) is 0 Å². The lowest BCUT2D eigenvalue weighted by Gasteiger charge is -2.33. The molecule has 0 aliphatic heterocycles. The van der Waals surface area contributed by atoms with Gasteiger partial charge >= 0.3 is 5.51 Å². The molecule has 2 aromatic rings. The molecule has 0 fully saturated rings. The molecule has 0 bridgehead atoms. The van der Waals surface area contributed by atoms with Crippen molar-refractivity contribution >= 4 is 35.1 Å². The first-order valence-corrected chi connectivity index (χ1v) is 14.7. The molecule has 0 aliphatic carbocycles. The van der Waals surface area contributed by atoms with Gasteiger partial charge in [0.2, 0.25) is 5.91 Å². The number of thiazole rings is 1. The molecule has 0 saturated carbocycles. The maximum Gasteiger partial charge on any atom is 0.456 e. The number of alkyl halides is 3. The summed E-state index contributed by atoms with van der Waals surface area (Å²) in [5, 5.41) is 5.04. The zero-order chi connectivity index (χ0) is 29.0. The van der Waals surface area contributed by atoms with Crippen LogP contribution in [0, 0.1) is 5.92 Å². The van der Waals surface area contributed by atoms with Crippen LogP contribution in [-0.2, 0) is 16.0 Å². The third kappa shape index (κ3) is 11.5. The molecule has 1 aromatic carbocycles. The summed E-state index contributed by atoms with van der Waals surface area (Å²) in [7, 11) is 3.38. The third-order valence-corrected chi connectivity index (χ3v) is 7.83. The molecular weight excluding hydrogens is 549 g/mol. The first-order valence-electron chi connectivity index (χ1n) is 13.0. The smallest absolute Gasteiger partial charge is 0.374 e. The number of hydrogen-bond donors (Lipinski definition) is 2. The van der Waals surface area contributed by atoms with Crippen molar-refractivity contribution < 1.29 is 27.5 Å². The second kappa shape index (κ2) is 16.2. The lowest BCUT2D eigenvalue weighted by atomic mass is 9.96. The fraction of sp³-hybridized carbons (Fsp3) is 0.593. The summed E-state index contributed by atoms with van der Waals surface area (Å²) in [5.41, 5.74) is -3.37. The van der Waals surface area contributed by atoms with Gasteiger partial charge in [0.05, 0.1) is 0 Å². The fourth-order valence-electron chi connectivity index (χ4n) is 4.18. The van der Waals surface area contributed by atoms with Crippen LogP contribution in [0.4, 0.5) is 13.2 Å². The summed E-state index contributed by atoms with van der Waals surface area (Å²) >= 11 is 0.945. The molecule has 218 valence electrons. The highest BCUT2D eigenvalue weighted by atomic mass is 32.2. The minimum Gasteiger partial charge on any atom is -0.374 e. The summed E-state index contributed by atoms with van der Waals surface area (Å²) in [5.74, 6) is -0.201. The van der Waals surface area contributed by atoms with E-state index in [4.69, 9.17) is 4.74 Å². The molecule has 2 amide bonds. The zero-order valence-corrected chi connectivity index (χ0v) is 24.7. The number of ether oxygens (including phenoxy) is 1. The van der Waals surface area contributed by atoms with Gasteiger partial charge in [0.25, 0.3) is 5.91 Å². The quantitative estimate of drug-likeness (QED) is 0.234. The van der Waals surface area contributed by atoms with E-state index in [1.165, 1.54) is 11.3 Å². The average Bonchev–Trinajstić information content (AvgIpc) is 3.37. The molecule has 0 saturated heterocycles. The molecule has 39 heavy (non-hydrogen) atoms. The minimum atomic E-state index is -4.43. The van der Waals surface area contributed by atoms with Gasteiger partial charge in [0, 0.05) is 63.0 Å². The van der Waals surface area contributed by atoms with Gasteiger partial charge in [-0.05, 0) is 24.3 Å². The summed E-state index contributed by atoms with van der Waals surface area (Å²) in [6.45, 7) is 6.07. The lowest BCUT2D eigenvalue weighted by Crippen LogP contribution is -2.42. The number of carbonyl (C=O) groups is 2. The predicted octanol–water partition coefficient (Wildman–Crippen LogP) is 5.99. The van der Waals surface area contributed by atoms with Gasteiger partial charge in [0.1, 0.15) is 16.8 Å². The highest BCUT2D eigenvalue weighted by Gasteiger charge is 2.30. The Kier molecular flexibility index (Phi) is 13.7. The van der Waals surface area contributed by atoms with Gasteiger partial charge in [-0.15, -0.1) is 11.3 Å². The van der Waals surface area contributed by atoms with Crippen LogP contribution in [0.25, 0.3) is 0 Å². The van der Waals surface area contributed by atoms with Gasteiger partial charge in [-0.25, -0.2) is 4.98 Å². The van der Waals surface area contributed by atoms with Crippen molar-refractivity contribution in [3.63, 3.8) is 0 Å². The number of unbranched alkanes of at least 4 members (excludes halogenated alkanes) is 1. The van der Waals surface area contributed by atoms with Crippen LogP contribution in [0.3, 0.4) is 0 Å². The molecular formula is C27H39F3N4O3S2. The Morgan fingerprint density at radius 2 is 1.90 bits per heavy atom. The number of halogens is 3. The van der Waals surface area contributed by atoms with E-state index >= 15 is 0 Å². The second-order valence-electron chi connectivity index (χ2n) is 9.71. The van der Waals surface area contributed by atoms with E-state index in [9.17, 15) is 22.8 Å². The number of benzene rings is 1. The molecule has 0 aliphatic rings. The van der Waals surface area contributed by atoms with E-state index in [1.807, 2.05) is 44.3 Å². The Morgan fingerprint density at radius 3 is 2.49 bits per heavy atom. The van der Waals surface area contributed by atoms with Gasteiger partial charge < -0.3 is 15.0 Å². The molecule has 2 N–H and O–H groups in total. The minimum absolute atomic E-state index is 0.0760. The van der Waals surface area contributed by atoms with Crippen molar-refractivity contribution in [1.29, 1.82) is 0 Å². The van der Waals surface area contributed by atoms with Crippen molar-refractivity contribution in [2.75, 3.05) is 20.7 Å². The maximum absolute atomic E-state index is 13.0. The standard InChI is InChI=1S/C27H39F3N4O3S2/c1-6-7-13-24(35)34(4)22(18(2)3)15-23(37-5)26-33-21(17-38-26)25(36)32-20(16-31-39-27(28,29)30)14-19-11-9-8-10-12-19/h8-12,17-18,20,22-23,31H,6-7,13-16H2,1-5H3,(H,32,36)/t20-,22?,23+/m0/s1. The Labute approximate surface area is 237 Å². The monoisotopic (exact) mass is 588 g/mol. The number of carbonyl (C=O) groups excluding carboxylic acids is 2. The molecule has 2 rings (SSSR count). The number of hydrogen-bond acceptors (Lipinski definition) is 7. The third-order valence-electron chi connectivity index (χ3n) is 6.35. The molecule has 3 atom stereocenters. The van der Waals surface area contributed by atoms with Crippen molar-refractivity contribution in [2.45, 2.75) is 76.6 Å². The van der Waals surface area contributed by atoms with Crippen LogP contribution < -0.4 is 10.0 Å². The van der Waals surface area contributed by atoms with Crippen LogP contribution >= 0.6 is 23.3 Å². The number of nitrogens with zero attached hydrogens (tertiary/aromatic N) is 2. The number of methoxy groups -OCH3 is 1. The van der Waals surface area contributed by atoms with E-state index in [1.54, 1.807) is 17.4 Å². The van der Waals surface area contributed by atoms with Crippen molar-refractivity contribution in [3.05, 3.63) is 52.0 Å². The van der Waals surface area contributed by atoms with Gasteiger partial charge in [-0.2, -0.15) is 13.2 Å². The van der Waals surface area contributed by atoms with Gasteiger partial charge in [-0.3, -0.25) is 14.3 Å². The van der Waals surface area contributed by atoms with Crippen molar-refractivity contribution in [1.82, 2.24) is 19.9 Å². The Balaban J connectivity index is 2.11. The first-order chi connectivity index (χ1) is 18.4. The predicted molar refractivity (Wildman–Crippen MR) is 150 cm³/mol. The Hall–Kier alpha value is -2.15. The normalized spacial score (nSPS) is 14.2. The van der Waals surface area contributed by atoms with Crippen LogP contribution in [0.2, 0.25) is 0 Å².